The lowest BCUT2D eigenvalue weighted by Crippen LogP contribution is -2.61. The van der Waals surface area contributed by atoms with E-state index < -0.39 is 5.60 Å². The van der Waals surface area contributed by atoms with Crippen molar-refractivity contribution in [1.29, 1.82) is 0 Å². The molecule has 0 amide bonds. The highest BCUT2D eigenvalue weighted by Gasteiger charge is 2.55. The highest BCUT2D eigenvalue weighted by molar-refractivity contribution is 5.10. The number of fused-ring (bicyclic) bond motifs is 2. The average Bonchev–Trinajstić information content (AvgIpc) is 2.78. The van der Waals surface area contributed by atoms with Gasteiger partial charge in [-0.05, 0) is 63.2 Å². The Balaban J connectivity index is 1.76. The Labute approximate surface area is 123 Å². The lowest BCUT2D eigenvalue weighted by Gasteiger charge is -2.54. The first kappa shape index (κ1) is 14.8. The number of nitrogens with one attached hydrogen (secondary N) is 1. The molecular formula is C17H32N2O. The topological polar surface area (TPSA) is 58.3 Å². The molecule has 0 aromatic carbocycles. The van der Waals surface area contributed by atoms with Gasteiger partial charge in [0.2, 0.25) is 0 Å². The van der Waals surface area contributed by atoms with Crippen LogP contribution in [0.3, 0.4) is 0 Å². The summed E-state index contributed by atoms with van der Waals surface area (Å²) in [5, 5.41) is 15.1. The summed E-state index contributed by atoms with van der Waals surface area (Å²) in [4.78, 5) is 0. The largest absolute Gasteiger partial charge is 0.389 e. The highest BCUT2D eigenvalue weighted by Crippen LogP contribution is 2.53. The average molecular weight is 280 g/mol. The van der Waals surface area contributed by atoms with Crippen molar-refractivity contribution in [2.45, 2.75) is 82.9 Å². The summed E-state index contributed by atoms with van der Waals surface area (Å²) in [5.41, 5.74) is 5.68. The molecule has 0 aromatic heterocycles. The zero-order valence-corrected chi connectivity index (χ0v) is 13.2. The SMILES string of the molecule is CC(C)C1CCC(CN)(C2(O)CC3CCC(C2)N3)CC1. The molecule has 0 aromatic rings. The fourth-order valence-corrected chi connectivity index (χ4v) is 5.27. The van der Waals surface area contributed by atoms with Crippen molar-refractivity contribution >= 4 is 0 Å². The van der Waals surface area contributed by atoms with E-state index in [1.807, 2.05) is 0 Å². The molecule has 3 rings (SSSR count). The van der Waals surface area contributed by atoms with Crippen molar-refractivity contribution in [1.82, 2.24) is 5.32 Å². The van der Waals surface area contributed by atoms with Crippen LogP contribution in [0.15, 0.2) is 0 Å². The smallest absolute Gasteiger partial charge is 0.0745 e. The number of rotatable bonds is 3. The minimum atomic E-state index is -0.513. The summed E-state index contributed by atoms with van der Waals surface area (Å²) in [6, 6.07) is 1.06. The molecule has 3 nitrogen and oxygen atoms in total. The van der Waals surface area contributed by atoms with Crippen molar-refractivity contribution in [2.24, 2.45) is 23.0 Å². The third kappa shape index (κ3) is 2.32. The second-order valence-corrected chi connectivity index (χ2v) is 8.14. The fourth-order valence-electron chi connectivity index (χ4n) is 5.27. The van der Waals surface area contributed by atoms with Gasteiger partial charge in [0, 0.05) is 24.0 Å². The molecule has 0 radical (unpaired) electrons. The second kappa shape index (κ2) is 5.26. The molecule has 2 aliphatic heterocycles. The Morgan fingerprint density at radius 1 is 1.10 bits per heavy atom. The first-order chi connectivity index (χ1) is 9.48. The van der Waals surface area contributed by atoms with Gasteiger partial charge < -0.3 is 16.2 Å². The first-order valence-electron chi connectivity index (χ1n) is 8.66. The van der Waals surface area contributed by atoms with Gasteiger partial charge in [0.05, 0.1) is 5.60 Å². The van der Waals surface area contributed by atoms with Crippen molar-refractivity contribution in [2.75, 3.05) is 6.54 Å². The van der Waals surface area contributed by atoms with Crippen LogP contribution in [0.5, 0.6) is 0 Å². The van der Waals surface area contributed by atoms with E-state index in [0.717, 1.165) is 37.5 Å². The highest BCUT2D eigenvalue weighted by atomic mass is 16.3. The summed E-state index contributed by atoms with van der Waals surface area (Å²) in [5.74, 6) is 1.60. The lowest BCUT2D eigenvalue weighted by atomic mass is 9.57. The number of piperidine rings is 1. The van der Waals surface area contributed by atoms with Gasteiger partial charge in [0.25, 0.3) is 0 Å². The molecule has 3 heteroatoms. The fraction of sp³-hybridized carbons (Fsp3) is 1.00. The molecule has 3 fully saturated rings. The molecule has 3 aliphatic rings. The molecule has 20 heavy (non-hydrogen) atoms. The van der Waals surface area contributed by atoms with E-state index in [2.05, 4.69) is 19.2 Å². The molecule has 2 heterocycles. The van der Waals surface area contributed by atoms with Gasteiger partial charge in [-0.25, -0.2) is 0 Å². The van der Waals surface area contributed by atoms with E-state index in [9.17, 15) is 5.11 Å². The Morgan fingerprint density at radius 2 is 1.65 bits per heavy atom. The number of hydrogen-bond donors (Lipinski definition) is 3. The first-order valence-corrected chi connectivity index (χ1v) is 8.66. The minimum absolute atomic E-state index is 0.0126. The van der Waals surface area contributed by atoms with E-state index in [0.29, 0.717) is 18.6 Å². The van der Waals surface area contributed by atoms with Crippen molar-refractivity contribution < 1.29 is 5.11 Å². The molecule has 116 valence electrons. The lowest BCUT2D eigenvalue weighted by molar-refractivity contribution is -0.133. The van der Waals surface area contributed by atoms with Crippen molar-refractivity contribution in [3.05, 3.63) is 0 Å². The van der Waals surface area contributed by atoms with Gasteiger partial charge in [-0.15, -0.1) is 0 Å². The van der Waals surface area contributed by atoms with Gasteiger partial charge in [-0.2, -0.15) is 0 Å². The van der Waals surface area contributed by atoms with Crippen LogP contribution in [0.2, 0.25) is 0 Å². The summed E-state index contributed by atoms with van der Waals surface area (Å²) >= 11 is 0. The zero-order chi connectivity index (χ0) is 14.4. The van der Waals surface area contributed by atoms with E-state index >= 15 is 0 Å². The van der Waals surface area contributed by atoms with Crippen molar-refractivity contribution in [3.8, 4) is 0 Å². The van der Waals surface area contributed by atoms with E-state index in [1.54, 1.807) is 0 Å². The van der Waals surface area contributed by atoms with Crippen LogP contribution < -0.4 is 11.1 Å². The normalized spacial score (nSPS) is 48.8. The Morgan fingerprint density at radius 3 is 2.10 bits per heavy atom. The Kier molecular flexibility index (Phi) is 3.89. The molecule has 1 aliphatic carbocycles. The third-order valence-electron chi connectivity index (χ3n) is 6.81. The van der Waals surface area contributed by atoms with Gasteiger partial charge in [0.15, 0.2) is 0 Å². The predicted molar refractivity (Wildman–Crippen MR) is 82.4 cm³/mol. The molecule has 1 saturated carbocycles. The minimum Gasteiger partial charge on any atom is -0.389 e. The maximum atomic E-state index is 11.4. The Bertz CT molecular complexity index is 335. The number of aliphatic hydroxyl groups is 1. The van der Waals surface area contributed by atoms with E-state index in [1.165, 1.54) is 25.7 Å². The molecule has 4 N–H and O–H groups in total. The van der Waals surface area contributed by atoms with Crippen LogP contribution in [0.25, 0.3) is 0 Å². The summed E-state index contributed by atoms with van der Waals surface area (Å²) in [7, 11) is 0. The molecule has 2 atom stereocenters. The third-order valence-corrected chi connectivity index (χ3v) is 6.81. The van der Waals surface area contributed by atoms with Crippen LogP contribution >= 0.6 is 0 Å². The molecule has 2 unspecified atom stereocenters. The predicted octanol–water partition coefficient (Wildman–Crippen LogP) is 2.42. The van der Waals surface area contributed by atoms with Gasteiger partial charge in [-0.3, -0.25) is 0 Å². The van der Waals surface area contributed by atoms with Crippen molar-refractivity contribution in [3.63, 3.8) is 0 Å². The van der Waals surface area contributed by atoms with Gasteiger partial charge in [0.1, 0.15) is 0 Å². The standard InChI is InChI=1S/C17H32N2O/c1-12(2)13-5-7-16(11-18,8-6-13)17(20)9-14-3-4-15(10-17)19-14/h12-15,19-20H,3-11,18H2,1-2H3. The van der Waals surface area contributed by atoms with Crippen LogP contribution in [0.4, 0.5) is 0 Å². The Hall–Kier alpha value is -0.120. The summed E-state index contributed by atoms with van der Waals surface area (Å²) < 4.78 is 0. The molecular weight excluding hydrogens is 248 g/mol. The summed E-state index contributed by atoms with van der Waals surface area (Å²) in [6.45, 7) is 5.33. The molecule has 2 saturated heterocycles. The molecule has 2 bridgehead atoms. The zero-order valence-electron chi connectivity index (χ0n) is 13.2. The maximum Gasteiger partial charge on any atom is 0.0745 e. The number of hydrogen-bond acceptors (Lipinski definition) is 3. The summed E-state index contributed by atoms with van der Waals surface area (Å²) in [6.07, 6.45) is 9.08. The number of nitrogens with two attached hydrogens (primary N) is 1. The quantitative estimate of drug-likeness (QED) is 0.744. The molecule has 0 spiro atoms. The van der Waals surface area contributed by atoms with Crippen LogP contribution in [0.1, 0.15) is 65.2 Å². The van der Waals surface area contributed by atoms with Gasteiger partial charge in [-0.1, -0.05) is 13.8 Å². The maximum absolute atomic E-state index is 11.4. The van der Waals surface area contributed by atoms with E-state index in [4.69, 9.17) is 5.73 Å². The van der Waals surface area contributed by atoms with Crippen LogP contribution in [-0.4, -0.2) is 29.3 Å². The second-order valence-electron chi connectivity index (χ2n) is 8.14. The van der Waals surface area contributed by atoms with E-state index in [-0.39, 0.29) is 5.41 Å². The van der Waals surface area contributed by atoms with Crippen LogP contribution in [-0.2, 0) is 0 Å². The van der Waals surface area contributed by atoms with Crippen LogP contribution in [0, 0.1) is 17.3 Å². The monoisotopic (exact) mass is 280 g/mol. The van der Waals surface area contributed by atoms with Gasteiger partial charge >= 0.3 is 0 Å².